The minimum Gasteiger partial charge on any atom is -0.459 e. The van der Waals surface area contributed by atoms with Gasteiger partial charge >= 0.3 is 17.6 Å². The smallest absolute Gasteiger partial charge is 0.338 e. The average molecular weight is 482 g/mol. The Hall–Kier alpha value is -4.05. The molecule has 0 aliphatic carbocycles. The minimum absolute atomic E-state index is 0.0320. The van der Waals surface area contributed by atoms with E-state index in [2.05, 4.69) is 0 Å². The lowest BCUT2D eigenvalue weighted by molar-refractivity contribution is -0.0584. The SMILES string of the molecule is Cc1ccc(C(=O)OCC2OC(n3cc(F)c(=O)[nH]c3=O)CC2OC(=O)c2ccc(C)cc2)cc1. The van der Waals surface area contributed by atoms with Gasteiger partial charge in [-0.2, -0.15) is 4.39 Å². The van der Waals surface area contributed by atoms with Gasteiger partial charge in [-0.15, -0.1) is 0 Å². The molecule has 1 aromatic heterocycles. The molecular weight excluding hydrogens is 459 g/mol. The summed E-state index contributed by atoms with van der Waals surface area (Å²) in [4.78, 5) is 50.6. The van der Waals surface area contributed by atoms with Crippen LogP contribution in [-0.2, 0) is 14.2 Å². The second-order valence-electron chi connectivity index (χ2n) is 8.28. The quantitative estimate of drug-likeness (QED) is 0.537. The van der Waals surface area contributed by atoms with Crippen molar-refractivity contribution in [1.29, 1.82) is 0 Å². The van der Waals surface area contributed by atoms with E-state index in [-0.39, 0.29) is 13.0 Å². The normalized spacial score (nSPS) is 19.3. The van der Waals surface area contributed by atoms with Crippen molar-refractivity contribution in [1.82, 2.24) is 9.55 Å². The molecule has 35 heavy (non-hydrogen) atoms. The van der Waals surface area contributed by atoms with Crippen LogP contribution in [0, 0.1) is 19.7 Å². The number of hydrogen-bond acceptors (Lipinski definition) is 7. The molecule has 1 N–H and O–H groups in total. The summed E-state index contributed by atoms with van der Waals surface area (Å²) in [6, 6.07) is 13.5. The fourth-order valence-corrected chi connectivity index (χ4v) is 3.65. The summed E-state index contributed by atoms with van der Waals surface area (Å²) in [5.74, 6) is -2.40. The first-order chi connectivity index (χ1) is 16.7. The van der Waals surface area contributed by atoms with Crippen LogP contribution < -0.4 is 11.2 Å². The summed E-state index contributed by atoms with van der Waals surface area (Å²) < 4.78 is 31.5. The van der Waals surface area contributed by atoms with Gasteiger partial charge in [-0.05, 0) is 38.1 Å². The number of hydrogen-bond donors (Lipinski definition) is 1. The fraction of sp³-hybridized carbons (Fsp3) is 0.280. The number of aryl methyl sites for hydroxylation is 2. The number of halogens is 1. The Bertz CT molecular complexity index is 1350. The molecule has 1 aliphatic heterocycles. The van der Waals surface area contributed by atoms with Crippen LogP contribution in [0.3, 0.4) is 0 Å². The molecule has 3 unspecified atom stereocenters. The van der Waals surface area contributed by atoms with Crippen LogP contribution in [0.4, 0.5) is 4.39 Å². The lowest BCUT2D eigenvalue weighted by Crippen LogP contribution is -2.34. The number of nitrogens with one attached hydrogen (secondary N) is 1. The summed E-state index contributed by atoms with van der Waals surface area (Å²) >= 11 is 0. The first-order valence-electron chi connectivity index (χ1n) is 10.9. The highest BCUT2D eigenvalue weighted by atomic mass is 19.1. The largest absolute Gasteiger partial charge is 0.459 e. The molecule has 0 amide bonds. The zero-order valence-electron chi connectivity index (χ0n) is 19.0. The van der Waals surface area contributed by atoms with Gasteiger partial charge in [0.2, 0.25) is 5.82 Å². The standard InChI is InChI=1S/C25H23FN2O7/c1-14-3-7-16(8-4-14)23(30)33-13-20-19(35-24(31)17-9-5-15(2)6-10-17)11-21(34-20)28-12-18(26)22(29)27-25(28)32/h3-10,12,19-21H,11,13H2,1-2H3,(H,27,29,32). The highest BCUT2D eigenvalue weighted by Gasteiger charge is 2.40. The predicted octanol–water partition coefficient (Wildman–Crippen LogP) is 2.66. The third-order valence-electron chi connectivity index (χ3n) is 5.63. The Morgan fingerprint density at radius 3 is 2.17 bits per heavy atom. The molecule has 1 saturated heterocycles. The van der Waals surface area contributed by atoms with E-state index in [1.165, 1.54) is 0 Å². The molecule has 2 aromatic carbocycles. The van der Waals surface area contributed by atoms with E-state index >= 15 is 0 Å². The minimum atomic E-state index is -1.17. The van der Waals surface area contributed by atoms with Crippen molar-refractivity contribution in [3.05, 3.63) is 104 Å². The molecule has 182 valence electrons. The van der Waals surface area contributed by atoms with E-state index in [1.807, 2.05) is 18.8 Å². The Balaban J connectivity index is 1.53. The van der Waals surface area contributed by atoms with Gasteiger partial charge in [0, 0.05) is 6.42 Å². The number of rotatable bonds is 6. The molecule has 10 heteroatoms. The summed E-state index contributed by atoms with van der Waals surface area (Å²) in [5.41, 5.74) is 0.535. The van der Waals surface area contributed by atoms with Crippen LogP contribution in [0.5, 0.6) is 0 Å². The van der Waals surface area contributed by atoms with E-state index in [0.29, 0.717) is 11.1 Å². The van der Waals surface area contributed by atoms with Crippen LogP contribution in [0.2, 0.25) is 0 Å². The lowest BCUT2D eigenvalue weighted by atomic mass is 10.1. The summed E-state index contributed by atoms with van der Waals surface area (Å²) in [7, 11) is 0. The summed E-state index contributed by atoms with van der Waals surface area (Å²) in [6.07, 6.45) is -2.22. The number of H-pyrrole nitrogens is 1. The first kappa shape index (κ1) is 24.1. The number of carbonyl (C=O) groups excluding carboxylic acids is 2. The molecule has 0 bridgehead atoms. The van der Waals surface area contributed by atoms with Crippen LogP contribution in [0.15, 0.2) is 64.3 Å². The molecule has 1 aliphatic rings. The predicted molar refractivity (Wildman–Crippen MR) is 122 cm³/mol. The van der Waals surface area contributed by atoms with Crippen LogP contribution in [0.1, 0.15) is 44.5 Å². The van der Waals surface area contributed by atoms with E-state index in [9.17, 15) is 23.6 Å². The van der Waals surface area contributed by atoms with E-state index in [1.54, 1.807) is 48.5 Å². The molecule has 4 rings (SSSR count). The van der Waals surface area contributed by atoms with Crippen molar-refractivity contribution in [2.24, 2.45) is 0 Å². The fourth-order valence-electron chi connectivity index (χ4n) is 3.65. The number of carbonyl (C=O) groups is 2. The van der Waals surface area contributed by atoms with Gasteiger partial charge in [0.15, 0.2) is 0 Å². The third-order valence-corrected chi connectivity index (χ3v) is 5.63. The average Bonchev–Trinajstić information content (AvgIpc) is 3.22. The maximum atomic E-state index is 13.8. The molecule has 1 fully saturated rings. The van der Waals surface area contributed by atoms with E-state index in [0.717, 1.165) is 21.9 Å². The Labute approximate surface area is 199 Å². The van der Waals surface area contributed by atoms with Gasteiger partial charge in [-0.1, -0.05) is 35.4 Å². The number of aromatic nitrogens is 2. The molecule has 2 heterocycles. The monoisotopic (exact) mass is 482 g/mol. The highest BCUT2D eigenvalue weighted by molar-refractivity contribution is 5.90. The number of nitrogens with zero attached hydrogens (tertiary/aromatic N) is 1. The molecule has 3 aromatic rings. The highest BCUT2D eigenvalue weighted by Crippen LogP contribution is 2.31. The van der Waals surface area contributed by atoms with Gasteiger partial charge in [-0.25, -0.2) is 14.4 Å². The molecule has 9 nitrogen and oxygen atoms in total. The second kappa shape index (κ2) is 10.1. The maximum absolute atomic E-state index is 13.8. The number of aromatic amines is 1. The molecule has 3 atom stereocenters. The lowest BCUT2D eigenvalue weighted by Gasteiger charge is -2.19. The zero-order valence-corrected chi connectivity index (χ0v) is 19.0. The Kier molecular flexibility index (Phi) is 6.92. The van der Waals surface area contributed by atoms with Crippen LogP contribution in [-0.4, -0.2) is 40.3 Å². The second-order valence-corrected chi connectivity index (χ2v) is 8.28. The number of ether oxygens (including phenoxy) is 3. The van der Waals surface area contributed by atoms with Gasteiger partial charge < -0.3 is 14.2 Å². The number of benzene rings is 2. The van der Waals surface area contributed by atoms with Crippen molar-refractivity contribution in [3.63, 3.8) is 0 Å². The molecule has 0 radical (unpaired) electrons. The van der Waals surface area contributed by atoms with Crippen molar-refractivity contribution >= 4 is 11.9 Å². The maximum Gasteiger partial charge on any atom is 0.338 e. The van der Waals surface area contributed by atoms with Crippen molar-refractivity contribution < 1.29 is 28.2 Å². The van der Waals surface area contributed by atoms with Crippen LogP contribution >= 0.6 is 0 Å². The van der Waals surface area contributed by atoms with Gasteiger partial charge in [0.25, 0.3) is 5.56 Å². The topological polar surface area (TPSA) is 117 Å². The number of esters is 2. The van der Waals surface area contributed by atoms with E-state index in [4.69, 9.17) is 14.2 Å². The molecule has 0 saturated carbocycles. The molecular formula is C25H23FN2O7. The summed E-state index contributed by atoms with van der Waals surface area (Å²) in [6.45, 7) is 3.48. The Morgan fingerprint density at radius 1 is 1.00 bits per heavy atom. The van der Waals surface area contributed by atoms with Crippen molar-refractivity contribution in [2.45, 2.75) is 38.7 Å². The summed E-state index contributed by atoms with van der Waals surface area (Å²) in [5, 5.41) is 0. The van der Waals surface area contributed by atoms with E-state index < -0.39 is 47.4 Å². The Morgan fingerprint density at radius 2 is 1.57 bits per heavy atom. The van der Waals surface area contributed by atoms with Gasteiger partial charge in [-0.3, -0.25) is 14.3 Å². The third kappa shape index (κ3) is 5.55. The molecule has 0 spiro atoms. The van der Waals surface area contributed by atoms with Gasteiger partial charge in [0.1, 0.15) is 25.0 Å². The first-order valence-corrected chi connectivity index (χ1v) is 10.9. The zero-order chi connectivity index (χ0) is 25.1. The van der Waals surface area contributed by atoms with Crippen molar-refractivity contribution in [3.8, 4) is 0 Å². The van der Waals surface area contributed by atoms with Crippen molar-refractivity contribution in [2.75, 3.05) is 6.61 Å². The van der Waals surface area contributed by atoms with Gasteiger partial charge in [0.05, 0.1) is 17.3 Å². The van der Waals surface area contributed by atoms with Crippen LogP contribution in [0.25, 0.3) is 0 Å².